The van der Waals surface area contributed by atoms with E-state index in [4.69, 9.17) is 17.3 Å². The van der Waals surface area contributed by atoms with Crippen LogP contribution in [0.25, 0.3) is 10.9 Å². The van der Waals surface area contributed by atoms with Crippen LogP contribution in [0.2, 0.25) is 5.02 Å². The van der Waals surface area contributed by atoms with Crippen LogP contribution in [0, 0.1) is 5.41 Å². The highest BCUT2D eigenvalue weighted by molar-refractivity contribution is 7.12. The molecule has 0 saturated carbocycles. The topological polar surface area (TPSA) is 96.2 Å². The maximum Gasteiger partial charge on any atom is 0.416 e. The molecule has 39 heavy (non-hydrogen) atoms. The summed E-state index contributed by atoms with van der Waals surface area (Å²) in [6.07, 6.45) is -0.328. The van der Waals surface area contributed by atoms with E-state index in [1.54, 1.807) is 12.3 Å². The fraction of sp³-hybridized carbons (Fsp3) is 0.310. The van der Waals surface area contributed by atoms with Crippen molar-refractivity contribution in [1.82, 2.24) is 4.98 Å². The zero-order chi connectivity index (χ0) is 28.3. The van der Waals surface area contributed by atoms with Crippen LogP contribution in [-0.2, 0) is 23.8 Å². The first-order chi connectivity index (χ1) is 18.2. The fourth-order valence-corrected chi connectivity index (χ4v) is 7.19. The number of aryl methyl sites for hydroxylation is 1. The van der Waals surface area contributed by atoms with E-state index < -0.39 is 35.5 Å². The van der Waals surface area contributed by atoms with Crippen LogP contribution in [0.5, 0.6) is 0 Å². The summed E-state index contributed by atoms with van der Waals surface area (Å²) < 4.78 is 40.9. The number of hydrogen-bond donors (Lipinski definition) is 3. The van der Waals surface area contributed by atoms with E-state index in [0.29, 0.717) is 16.5 Å². The number of H-pyrrole nitrogens is 1. The van der Waals surface area contributed by atoms with Gasteiger partial charge in [-0.15, -0.1) is 11.3 Å². The minimum absolute atomic E-state index is 0.0515. The van der Waals surface area contributed by atoms with Crippen LogP contribution in [0.1, 0.15) is 74.5 Å². The van der Waals surface area contributed by atoms with Crippen molar-refractivity contribution in [2.45, 2.75) is 51.1 Å². The van der Waals surface area contributed by atoms with Crippen molar-refractivity contribution in [3.8, 4) is 0 Å². The number of aromatic amines is 1. The number of primary amides is 1. The number of rotatable bonds is 6. The number of thiophene rings is 1. The lowest BCUT2D eigenvalue weighted by atomic mass is 9.76. The summed E-state index contributed by atoms with van der Waals surface area (Å²) in [6, 6.07) is 9.60. The highest BCUT2D eigenvalue weighted by atomic mass is 35.5. The number of halogens is 4. The second-order valence-corrected chi connectivity index (χ2v) is 12.4. The molecule has 0 bridgehead atoms. The Morgan fingerprint density at radius 2 is 1.92 bits per heavy atom. The lowest BCUT2D eigenvalue weighted by Gasteiger charge is -2.29. The van der Waals surface area contributed by atoms with Crippen LogP contribution in [0.4, 0.5) is 13.2 Å². The van der Waals surface area contributed by atoms with Gasteiger partial charge in [-0.2, -0.15) is 13.2 Å². The van der Waals surface area contributed by atoms with E-state index >= 15 is 0 Å². The number of nitrogens with two attached hydrogens (primary N) is 1. The maximum absolute atomic E-state index is 13.6. The van der Waals surface area contributed by atoms with Gasteiger partial charge in [-0.25, -0.2) is 4.79 Å². The SMILES string of the molecule is CC1(C)CCc2sc(C(c3c[nH]c4c(C(=O)O)cc(Cl)cc34)C(C(N)=O)c3cccc(C(F)(F)F)c3)cc2C1. The molecule has 0 aliphatic heterocycles. The van der Waals surface area contributed by atoms with E-state index in [1.165, 1.54) is 34.4 Å². The summed E-state index contributed by atoms with van der Waals surface area (Å²) in [7, 11) is 0. The molecule has 5 nitrogen and oxygen atoms in total. The maximum atomic E-state index is 13.6. The summed E-state index contributed by atoms with van der Waals surface area (Å²) in [6.45, 7) is 4.38. The lowest BCUT2D eigenvalue weighted by molar-refractivity contribution is -0.137. The molecule has 2 aromatic heterocycles. The van der Waals surface area contributed by atoms with Gasteiger partial charge in [0.1, 0.15) is 0 Å². The summed E-state index contributed by atoms with van der Waals surface area (Å²) >= 11 is 7.82. The van der Waals surface area contributed by atoms with E-state index in [9.17, 15) is 27.9 Å². The number of carbonyl (C=O) groups is 2. The number of carbonyl (C=O) groups excluding carboxylic acids is 1. The van der Waals surface area contributed by atoms with Gasteiger partial charge in [-0.05, 0) is 65.6 Å². The summed E-state index contributed by atoms with van der Waals surface area (Å²) in [5.74, 6) is -3.92. The predicted octanol–water partition coefficient (Wildman–Crippen LogP) is 7.52. The first kappa shape index (κ1) is 27.3. The molecule has 4 N–H and O–H groups in total. The first-order valence-electron chi connectivity index (χ1n) is 12.4. The third-order valence-corrected chi connectivity index (χ3v) is 9.02. The molecule has 1 aliphatic carbocycles. The Morgan fingerprint density at radius 1 is 1.18 bits per heavy atom. The van der Waals surface area contributed by atoms with Crippen LogP contribution >= 0.6 is 22.9 Å². The zero-order valence-corrected chi connectivity index (χ0v) is 22.7. The van der Waals surface area contributed by atoms with E-state index in [1.807, 2.05) is 6.07 Å². The molecule has 2 aromatic carbocycles. The van der Waals surface area contributed by atoms with Gasteiger partial charge in [0.15, 0.2) is 0 Å². The smallest absolute Gasteiger partial charge is 0.416 e. The molecular weight excluding hydrogens is 549 g/mol. The molecule has 2 unspecified atom stereocenters. The van der Waals surface area contributed by atoms with Crippen molar-refractivity contribution in [3.63, 3.8) is 0 Å². The third-order valence-electron chi connectivity index (χ3n) is 7.48. The largest absolute Gasteiger partial charge is 0.478 e. The normalized spacial score (nSPS) is 16.6. The van der Waals surface area contributed by atoms with Crippen molar-refractivity contribution in [1.29, 1.82) is 0 Å². The van der Waals surface area contributed by atoms with Gasteiger partial charge in [0.05, 0.1) is 22.6 Å². The average Bonchev–Trinajstić information content (AvgIpc) is 3.44. The Balaban J connectivity index is 1.77. The second kappa shape index (κ2) is 9.71. The number of hydrogen-bond acceptors (Lipinski definition) is 3. The molecule has 4 aromatic rings. The molecule has 1 amide bonds. The van der Waals surface area contributed by atoms with E-state index in [0.717, 1.165) is 41.8 Å². The molecular formula is C29H26ClF3N2O3S. The minimum Gasteiger partial charge on any atom is -0.478 e. The number of benzene rings is 2. The Morgan fingerprint density at radius 3 is 2.59 bits per heavy atom. The van der Waals surface area contributed by atoms with Crippen LogP contribution in [0.3, 0.4) is 0 Å². The van der Waals surface area contributed by atoms with Gasteiger partial charge in [0, 0.05) is 32.3 Å². The van der Waals surface area contributed by atoms with Crippen molar-refractivity contribution < 1.29 is 27.9 Å². The van der Waals surface area contributed by atoms with Crippen molar-refractivity contribution in [3.05, 3.63) is 91.3 Å². The number of amides is 1. The Kier molecular flexibility index (Phi) is 6.79. The summed E-state index contributed by atoms with van der Waals surface area (Å²) in [4.78, 5) is 30.0. The second-order valence-electron chi connectivity index (χ2n) is 10.8. The van der Waals surface area contributed by atoms with Gasteiger partial charge in [0.2, 0.25) is 5.91 Å². The molecule has 0 radical (unpaired) electrons. The Bertz CT molecular complexity index is 1610. The molecule has 2 heterocycles. The average molecular weight is 575 g/mol. The quantitative estimate of drug-likeness (QED) is 0.222. The van der Waals surface area contributed by atoms with Crippen LogP contribution in [-0.4, -0.2) is 22.0 Å². The van der Waals surface area contributed by atoms with Crippen LogP contribution < -0.4 is 5.73 Å². The molecule has 0 spiro atoms. The zero-order valence-electron chi connectivity index (χ0n) is 21.2. The third kappa shape index (κ3) is 5.17. The van der Waals surface area contributed by atoms with Crippen LogP contribution in [0.15, 0.2) is 48.7 Å². The number of carboxylic acids is 1. The molecule has 10 heteroatoms. The number of aromatic nitrogens is 1. The summed E-state index contributed by atoms with van der Waals surface area (Å²) in [5.41, 5.74) is 7.22. The number of alkyl halides is 3. The molecule has 5 rings (SSSR count). The fourth-order valence-electron chi connectivity index (χ4n) is 5.63. The number of fused-ring (bicyclic) bond motifs is 2. The van der Waals surface area contributed by atoms with Gasteiger partial charge in [-0.1, -0.05) is 43.6 Å². The number of nitrogens with one attached hydrogen (secondary N) is 1. The van der Waals surface area contributed by atoms with Crippen molar-refractivity contribution >= 4 is 45.7 Å². The number of carboxylic acid groups (broad SMARTS) is 1. The van der Waals surface area contributed by atoms with E-state index in [-0.39, 0.29) is 21.6 Å². The minimum atomic E-state index is -4.61. The highest BCUT2D eigenvalue weighted by Gasteiger charge is 2.38. The molecule has 204 valence electrons. The highest BCUT2D eigenvalue weighted by Crippen LogP contribution is 2.48. The van der Waals surface area contributed by atoms with Gasteiger partial charge in [0.25, 0.3) is 0 Å². The Hall–Kier alpha value is -3.30. The van der Waals surface area contributed by atoms with Crippen molar-refractivity contribution in [2.24, 2.45) is 11.1 Å². The van der Waals surface area contributed by atoms with Gasteiger partial charge >= 0.3 is 12.1 Å². The lowest BCUT2D eigenvalue weighted by Crippen LogP contribution is -2.27. The van der Waals surface area contributed by atoms with Gasteiger partial charge < -0.3 is 15.8 Å². The predicted molar refractivity (Wildman–Crippen MR) is 146 cm³/mol. The number of aromatic carboxylic acids is 1. The Labute approximate surface area is 231 Å². The standard InChI is InChI=1S/C29H26ClF3N2O3S/c1-28(2)7-6-21-15(12-28)9-22(39-21)24(20-13-35-25-18(20)10-17(30)11-19(25)27(37)38)23(26(34)36)14-4-3-5-16(8-14)29(31,32)33/h3-5,8-11,13,23-24,35H,6-7,12H2,1-2H3,(H2,34,36)(H,37,38). The van der Waals surface area contributed by atoms with Crippen molar-refractivity contribution in [2.75, 3.05) is 0 Å². The summed E-state index contributed by atoms with van der Waals surface area (Å²) in [5, 5.41) is 10.4. The monoisotopic (exact) mass is 574 g/mol. The van der Waals surface area contributed by atoms with Gasteiger partial charge in [-0.3, -0.25) is 4.79 Å². The molecule has 2 atom stereocenters. The molecule has 0 fully saturated rings. The molecule has 0 saturated heterocycles. The molecule has 1 aliphatic rings. The van der Waals surface area contributed by atoms with E-state index in [2.05, 4.69) is 18.8 Å². The first-order valence-corrected chi connectivity index (χ1v) is 13.6.